The molecule has 0 heterocycles. The van der Waals surface area contributed by atoms with Crippen molar-refractivity contribution in [3.63, 3.8) is 0 Å². The number of fused-ring (bicyclic) bond motifs is 1. The largest absolute Gasteiger partial charge is 0.481 e. The van der Waals surface area contributed by atoms with E-state index in [9.17, 15) is 9.59 Å². The number of carbonyl (C=O) groups is 2. The molecule has 1 aliphatic carbocycles. The Kier molecular flexibility index (Phi) is 5.09. The Balaban J connectivity index is 1.83. The molecule has 2 aromatic carbocycles. The summed E-state index contributed by atoms with van der Waals surface area (Å²) in [6.07, 6.45) is 2.27. The summed E-state index contributed by atoms with van der Waals surface area (Å²) in [4.78, 5) is 23.8. The highest BCUT2D eigenvalue weighted by Gasteiger charge is 2.37. The van der Waals surface area contributed by atoms with Crippen molar-refractivity contribution < 1.29 is 14.7 Å². The van der Waals surface area contributed by atoms with Gasteiger partial charge in [0.05, 0.1) is 5.92 Å². The van der Waals surface area contributed by atoms with E-state index in [0.29, 0.717) is 11.1 Å². The Morgan fingerprint density at radius 2 is 1.50 bits per heavy atom. The standard InChI is InChI=1S/C24H29NO3/c1-15(22(27)28)16-6-8-17(9-7-16)21(26)25-18-10-11-19-20(14-18)24(4,5)13-12-23(19,2)3/h6-11,14-15H,12-13H2,1-5H3,(H,25,26)(H,27,28). The second-order valence-corrected chi connectivity index (χ2v) is 9.16. The van der Waals surface area contributed by atoms with Gasteiger partial charge in [0.15, 0.2) is 0 Å². The number of aliphatic carboxylic acids is 1. The molecule has 3 rings (SSSR count). The number of hydrogen-bond donors (Lipinski definition) is 2. The van der Waals surface area contributed by atoms with Gasteiger partial charge >= 0.3 is 5.97 Å². The van der Waals surface area contributed by atoms with Crippen LogP contribution in [0.5, 0.6) is 0 Å². The average molecular weight is 380 g/mol. The van der Waals surface area contributed by atoms with Crippen LogP contribution >= 0.6 is 0 Å². The molecule has 1 aliphatic rings. The molecule has 2 aromatic rings. The zero-order chi connectivity index (χ0) is 20.7. The first kappa shape index (κ1) is 20.1. The van der Waals surface area contributed by atoms with Crippen LogP contribution < -0.4 is 5.32 Å². The lowest BCUT2D eigenvalue weighted by Gasteiger charge is -2.42. The molecule has 2 N–H and O–H groups in total. The normalized spacial score (nSPS) is 18.0. The maximum Gasteiger partial charge on any atom is 0.310 e. The van der Waals surface area contributed by atoms with Crippen LogP contribution in [0.15, 0.2) is 42.5 Å². The number of rotatable bonds is 4. The highest BCUT2D eigenvalue weighted by Crippen LogP contribution is 2.46. The zero-order valence-corrected chi connectivity index (χ0v) is 17.3. The fourth-order valence-corrected chi connectivity index (χ4v) is 3.94. The summed E-state index contributed by atoms with van der Waals surface area (Å²) in [5.74, 6) is -1.66. The molecule has 0 fully saturated rings. The Labute approximate surface area is 167 Å². The van der Waals surface area contributed by atoms with Crippen LogP contribution in [0.25, 0.3) is 0 Å². The SMILES string of the molecule is CC(C(=O)O)c1ccc(C(=O)Nc2ccc3c(c2)C(C)(C)CCC3(C)C)cc1. The van der Waals surface area contributed by atoms with Crippen molar-refractivity contribution in [3.8, 4) is 0 Å². The van der Waals surface area contributed by atoms with E-state index < -0.39 is 11.9 Å². The lowest BCUT2D eigenvalue weighted by Crippen LogP contribution is -2.33. The summed E-state index contributed by atoms with van der Waals surface area (Å²) in [6.45, 7) is 10.7. The Bertz CT molecular complexity index is 910. The number of nitrogens with one attached hydrogen (secondary N) is 1. The van der Waals surface area contributed by atoms with Gasteiger partial charge in [-0.25, -0.2) is 0 Å². The van der Waals surface area contributed by atoms with E-state index >= 15 is 0 Å². The van der Waals surface area contributed by atoms with Gasteiger partial charge in [-0.05, 0) is 71.6 Å². The summed E-state index contributed by atoms with van der Waals surface area (Å²) < 4.78 is 0. The number of carbonyl (C=O) groups excluding carboxylic acids is 1. The van der Waals surface area contributed by atoms with E-state index in [1.807, 2.05) is 6.07 Å². The number of carboxylic acid groups (broad SMARTS) is 1. The van der Waals surface area contributed by atoms with Crippen molar-refractivity contribution in [2.75, 3.05) is 5.32 Å². The zero-order valence-electron chi connectivity index (χ0n) is 17.3. The van der Waals surface area contributed by atoms with E-state index in [2.05, 4.69) is 45.1 Å². The summed E-state index contributed by atoms with van der Waals surface area (Å²) in [6, 6.07) is 13.0. The minimum Gasteiger partial charge on any atom is -0.481 e. The number of amides is 1. The minimum absolute atomic E-state index is 0.0835. The van der Waals surface area contributed by atoms with Crippen LogP contribution in [-0.2, 0) is 15.6 Å². The number of carboxylic acids is 1. The molecule has 1 amide bonds. The molecule has 0 radical (unpaired) electrons. The van der Waals surface area contributed by atoms with Gasteiger partial charge in [-0.3, -0.25) is 9.59 Å². The van der Waals surface area contributed by atoms with E-state index in [1.54, 1.807) is 31.2 Å². The quantitative estimate of drug-likeness (QED) is 0.739. The number of benzene rings is 2. The van der Waals surface area contributed by atoms with Gasteiger partial charge in [-0.2, -0.15) is 0 Å². The maximum atomic E-state index is 12.7. The Hall–Kier alpha value is -2.62. The lowest BCUT2D eigenvalue weighted by atomic mass is 9.63. The number of anilines is 1. The molecule has 0 aliphatic heterocycles. The van der Waals surface area contributed by atoms with Gasteiger partial charge in [-0.15, -0.1) is 0 Å². The van der Waals surface area contributed by atoms with Crippen LogP contribution in [0.4, 0.5) is 5.69 Å². The van der Waals surface area contributed by atoms with Crippen molar-refractivity contribution >= 4 is 17.6 Å². The summed E-state index contributed by atoms with van der Waals surface area (Å²) >= 11 is 0. The predicted octanol–water partition coefficient (Wildman–Crippen LogP) is 5.48. The maximum absolute atomic E-state index is 12.7. The molecule has 0 saturated heterocycles. The molecular formula is C24H29NO3. The summed E-state index contributed by atoms with van der Waals surface area (Å²) in [5, 5.41) is 12.1. The first-order valence-corrected chi connectivity index (χ1v) is 9.80. The Morgan fingerprint density at radius 3 is 2.07 bits per heavy atom. The third-order valence-electron chi connectivity index (χ3n) is 6.15. The van der Waals surface area contributed by atoms with Crippen LogP contribution in [0, 0.1) is 0 Å². The molecule has 0 spiro atoms. The summed E-state index contributed by atoms with van der Waals surface area (Å²) in [5.41, 5.74) is 4.86. The molecule has 4 heteroatoms. The van der Waals surface area contributed by atoms with E-state index in [1.165, 1.54) is 11.1 Å². The monoisotopic (exact) mass is 379 g/mol. The van der Waals surface area contributed by atoms with Crippen molar-refractivity contribution in [1.29, 1.82) is 0 Å². The predicted molar refractivity (Wildman–Crippen MR) is 112 cm³/mol. The molecular weight excluding hydrogens is 350 g/mol. The second kappa shape index (κ2) is 7.08. The average Bonchev–Trinajstić information content (AvgIpc) is 2.65. The van der Waals surface area contributed by atoms with Crippen LogP contribution in [-0.4, -0.2) is 17.0 Å². The topological polar surface area (TPSA) is 66.4 Å². The van der Waals surface area contributed by atoms with Crippen LogP contribution in [0.1, 0.15) is 80.4 Å². The van der Waals surface area contributed by atoms with Gasteiger partial charge in [0.2, 0.25) is 0 Å². The third kappa shape index (κ3) is 3.82. The first-order valence-electron chi connectivity index (χ1n) is 9.80. The molecule has 0 saturated carbocycles. The number of hydrogen-bond acceptors (Lipinski definition) is 2. The smallest absolute Gasteiger partial charge is 0.310 e. The van der Waals surface area contributed by atoms with E-state index in [-0.39, 0.29) is 16.7 Å². The molecule has 148 valence electrons. The van der Waals surface area contributed by atoms with Crippen molar-refractivity contribution in [2.45, 2.75) is 64.2 Å². The van der Waals surface area contributed by atoms with Crippen molar-refractivity contribution in [2.24, 2.45) is 0 Å². The fourth-order valence-electron chi connectivity index (χ4n) is 3.94. The molecule has 0 bridgehead atoms. The second-order valence-electron chi connectivity index (χ2n) is 9.16. The lowest BCUT2D eigenvalue weighted by molar-refractivity contribution is -0.138. The van der Waals surface area contributed by atoms with Crippen LogP contribution in [0.2, 0.25) is 0 Å². The first-order chi connectivity index (χ1) is 13.0. The molecule has 28 heavy (non-hydrogen) atoms. The van der Waals surface area contributed by atoms with Gasteiger partial charge in [0, 0.05) is 11.3 Å². The van der Waals surface area contributed by atoms with Gasteiger partial charge in [0.25, 0.3) is 5.91 Å². The van der Waals surface area contributed by atoms with Gasteiger partial charge in [-0.1, -0.05) is 45.9 Å². The van der Waals surface area contributed by atoms with Gasteiger partial charge in [0.1, 0.15) is 0 Å². The molecule has 0 aromatic heterocycles. The third-order valence-corrected chi connectivity index (χ3v) is 6.15. The van der Waals surface area contributed by atoms with Crippen molar-refractivity contribution in [3.05, 3.63) is 64.7 Å². The summed E-state index contributed by atoms with van der Waals surface area (Å²) in [7, 11) is 0. The Morgan fingerprint density at radius 1 is 0.929 bits per heavy atom. The highest BCUT2D eigenvalue weighted by atomic mass is 16.4. The molecule has 1 unspecified atom stereocenters. The molecule has 1 atom stereocenters. The minimum atomic E-state index is -0.878. The van der Waals surface area contributed by atoms with E-state index in [0.717, 1.165) is 18.5 Å². The van der Waals surface area contributed by atoms with Gasteiger partial charge < -0.3 is 10.4 Å². The van der Waals surface area contributed by atoms with E-state index in [4.69, 9.17) is 5.11 Å². The van der Waals surface area contributed by atoms with Crippen molar-refractivity contribution in [1.82, 2.24) is 0 Å². The highest BCUT2D eigenvalue weighted by molar-refractivity contribution is 6.04. The molecule has 4 nitrogen and oxygen atoms in total. The van der Waals surface area contributed by atoms with Crippen LogP contribution in [0.3, 0.4) is 0 Å². The fraction of sp³-hybridized carbons (Fsp3) is 0.417.